The fraction of sp³-hybridized carbons (Fsp3) is 0.333. The molecule has 0 aliphatic heterocycles. The fourth-order valence-corrected chi connectivity index (χ4v) is 1.91. The molecule has 0 radical (unpaired) electrons. The van der Waals surface area contributed by atoms with Gasteiger partial charge in [0.2, 0.25) is 5.91 Å². The summed E-state index contributed by atoms with van der Waals surface area (Å²) in [6.45, 7) is 1.25. The van der Waals surface area contributed by atoms with Crippen molar-refractivity contribution in [2.24, 2.45) is 0 Å². The minimum atomic E-state index is -4.35. The van der Waals surface area contributed by atoms with Gasteiger partial charge < -0.3 is 0 Å². The number of rotatable bonds is 3. The van der Waals surface area contributed by atoms with Crippen molar-refractivity contribution in [3.05, 3.63) is 21.9 Å². The van der Waals surface area contributed by atoms with Crippen LogP contribution in [0.15, 0.2) is 12.1 Å². The summed E-state index contributed by atoms with van der Waals surface area (Å²) in [7, 11) is 0. The summed E-state index contributed by atoms with van der Waals surface area (Å²) in [5, 5.41) is 6.93. The third-order valence-corrected chi connectivity index (χ3v) is 2.94. The van der Waals surface area contributed by atoms with E-state index in [1.165, 1.54) is 13.0 Å². The second-order valence-electron chi connectivity index (χ2n) is 3.04. The molecule has 0 fully saturated rings. The zero-order valence-corrected chi connectivity index (χ0v) is 9.15. The summed E-state index contributed by atoms with van der Waals surface area (Å²) >= 11 is 0.579. The normalized spacial score (nSPS) is 11.2. The van der Waals surface area contributed by atoms with Gasteiger partial charge in [0.25, 0.3) is 0 Å². The maximum atomic E-state index is 12.3. The van der Waals surface area contributed by atoms with Crippen LogP contribution in [0, 0.1) is 5.41 Å². The van der Waals surface area contributed by atoms with Gasteiger partial charge in [-0.1, -0.05) is 0 Å². The first-order chi connectivity index (χ1) is 7.34. The van der Waals surface area contributed by atoms with Crippen LogP contribution >= 0.6 is 11.3 Å². The second kappa shape index (κ2) is 4.65. The smallest absolute Gasteiger partial charge is 0.298 e. The highest BCUT2D eigenvalue weighted by atomic mass is 32.1. The first-order valence-electron chi connectivity index (χ1n) is 4.28. The van der Waals surface area contributed by atoms with E-state index in [0.29, 0.717) is 16.2 Å². The molecule has 3 nitrogen and oxygen atoms in total. The molecule has 1 heterocycles. The van der Waals surface area contributed by atoms with E-state index in [1.54, 1.807) is 0 Å². The van der Waals surface area contributed by atoms with Crippen LogP contribution in [0.3, 0.4) is 0 Å². The van der Waals surface area contributed by atoms with Crippen LogP contribution in [0.1, 0.15) is 16.7 Å². The summed E-state index contributed by atoms with van der Waals surface area (Å²) in [6.07, 6.45) is -3.55. The molecule has 1 amide bonds. The number of nitrogens with one attached hydrogen (secondary N) is 1. The van der Waals surface area contributed by atoms with Crippen molar-refractivity contribution in [1.82, 2.24) is 4.90 Å². The Hall–Kier alpha value is -1.37. The number of hydrogen-bond acceptors (Lipinski definition) is 3. The Morgan fingerprint density at radius 2 is 2.19 bits per heavy atom. The molecule has 1 N–H and O–H groups in total. The number of carbonyl (C=O) groups is 1. The van der Waals surface area contributed by atoms with Gasteiger partial charge in [-0.05, 0) is 12.1 Å². The molecule has 1 aromatic rings. The highest BCUT2D eigenvalue weighted by Gasteiger charge is 2.32. The minimum Gasteiger partial charge on any atom is -0.298 e. The maximum absolute atomic E-state index is 12.3. The highest BCUT2D eigenvalue weighted by Crippen LogP contribution is 2.34. The van der Waals surface area contributed by atoms with Crippen LogP contribution in [0.5, 0.6) is 0 Å². The summed E-state index contributed by atoms with van der Waals surface area (Å²) in [5.74, 6) is -0.378. The van der Waals surface area contributed by atoms with E-state index >= 15 is 0 Å². The molecular formula is C9H9F3N2OS. The van der Waals surface area contributed by atoms with Gasteiger partial charge in [-0.15, -0.1) is 11.3 Å². The SMILES string of the molecule is CC(=O)N(C=N)Cc1ccc(C(F)(F)F)s1. The number of thiophene rings is 1. The minimum absolute atomic E-state index is 0.000417. The Morgan fingerprint density at radius 3 is 2.56 bits per heavy atom. The molecular weight excluding hydrogens is 241 g/mol. The average molecular weight is 250 g/mol. The Morgan fingerprint density at radius 1 is 1.56 bits per heavy atom. The van der Waals surface area contributed by atoms with Gasteiger partial charge in [0.05, 0.1) is 12.9 Å². The maximum Gasteiger partial charge on any atom is 0.425 e. The predicted octanol–water partition coefficient (Wildman–Crippen LogP) is 2.72. The van der Waals surface area contributed by atoms with Crippen molar-refractivity contribution in [2.45, 2.75) is 19.6 Å². The average Bonchev–Trinajstić information content (AvgIpc) is 2.61. The van der Waals surface area contributed by atoms with Gasteiger partial charge in [0.1, 0.15) is 4.88 Å². The lowest BCUT2D eigenvalue weighted by atomic mass is 10.4. The second-order valence-corrected chi connectivity index (χ2v) is 4.21. The van der Waals surface area contributed by atoms with Gasteiger partial charge in [0.15, 0.2) is 0 Å². The van der Waals surface area contributed by atoms with Crippen LogP contribution in [0.25, 0.3) is 0 Å². The van der Waals surface area contributed by atoms with E-state index in [9.17, 15) is 18.0 Å². The van der Waals surface area contributed by atoms with E-state index in [4.69, 9.17) is 5.41 Å². The zero-order chi connectivity index (χ0) is 12.3. The lowest BCUT2D eigenvalue weighted by molar-refractivity contribution is -0.134. The molecule has 0 bridgehead atoms. The van der Waals surface area contributed by atoms with Gasteiger partial charge in [-0.25, -0.2) is 0 Å². The molecule has 16 heavy (non-hydrogen) atoms. The molecule has 88 valence electrons. The largest absolute Gasteiger partial charge is 0.425 e. The van der Waals surface area contributed by atoms with Crippen LogP contribution in [0.4, 0.5) is 13.2 Å². The molecule has 0 unspecified atom stereocenters. The van der Waals surface area contributed by atoms with Crippen molar-refractivity contribution in [3.8, 4) is 0 Å². The molecule has 0 saturated heterocycles. The summed E-state index contributed by atoms with van der Waals surface area (Å²) < 4.78 is 36.8. The lowest BCUT2D eigenvalue weighted by Gasteiger charge is -2.12. The Bertz CT molecular complexity index is 400. The molecule has 0 spiro atoms. The van der Waals surface area contributed by atoms with Crippen molar-refractivity contribution in [3.63, 3.8) is 0 Å². The molecule has 0 saturated carbocycles. The number of alkyl halides is 3. The standard InChI is InChI=1S/C9H9F3N2OS/c1-6(15)14(5-13)4-7-2-3-8(16-7)9(10,11)12/h2-3,5,13H,4H2,1H3. The molecule has 0 atom stereocenters. The van der Waals surface area contributed by atoms with E-state index in [-0.39, 0.29) is 12.5 Å². The Kier molecular flexibility index (Phi) is 3.69. The third-order valence-electron chi connectivity index (χ3n) is 1.83. The van der Waals surface area contributed by atoms with Crippen LogP contribution < -0.4 is 0 Å². The van der Waals surface area contributed by atoms with Crippen molar-refractivity contribution < 1.29 is 18.0 Å². The van der Waals surface area contributed by atoms with E-state index in [1.807, 2.05) is 0 Å². The monoisotopic (exact) mass is 250 g/mol. The van der Waals surface area contributed by atoms with Crippen molar-refractivity contribution >= 4 is 23.6 Å². The first kappa shape index (κ1) is 12.7. The molecule has 7 heteroatoms. The Labute approximate surface area is 94.0 Å². The van der Waals surface area contributed by atoms with Crippen LogP contribution in [0.2, 0.25) is 0 Å². The highest BCUT2D eigenvalue weighted by molar-refractivity contribution is 7.12. The molecule has 0 aliphatic carbocycles. The summed E-state index contributed by atoms with van der Waals surface area (Å²) in [6, 6.07) is 2.29. The predicted molar refractivity (Wildman–Crippen MR) is 54.3 cm³/mol. The molecule has 1 rings (SSSR count). The number of hydrogen-bond donors (Lipinski definition) is 1. The number of halogens is 3. The fourth-order valence-electron chi connectivity index (χ4n) is 1.03. The summed E-state index contributed by atoms with van der Waals surface area (Å²) in [4.78, 5) is 11.7. The first-order valence-corrected chi connectivity index (χ1v) is 5.10. The van der Waals surface area contributed by atoms with Gasteiger partial charge in [-0.2, -0.15) is 13.2 Å². The van der Waals surface area contributed by atoms with E-state index in [0.717, 1.165) is 17.3 Å². The van der Waals surface area contributed by atoms with Crippen molar-refractivity contribution in [2.75, 3.05) is 0 Å². The Balaban J connectivity index is 2.79. The topological polar surface area (TPSA) is 44.2 Å². The molecule has 0 aromatic carbocycles. The number of amides is 1. The zero-order valence-electron chi connectivity index (χ0n) is 8.34. The number of carbonyl (C=O) groups excluding carboxylic acids is 1. The summed E-state index contributed by atoms with van der Waals surface area (Å²) in [5.41, 5.74) is 0. The lowest BCUT2D eigenvalue weighted by Crippen LogP contribution is -2.25. The van der Waals surface area contributed by atoms with Gasteiger partial charge in [-0.3, -0.25) is 15.1 Å². The number of nitrogens with zero attached hydrogens (tertiary/aromatic N) is 1. The van der Waals surface area contributed by atoms with Gasteiger partial charge in [0, 0.05) is 11.8 Å². The van der Waals surface area contributed by atoms with Gasteiger partial charge >= 0.3 is 6.18 Å². The van der Waals surface area contributed by atoms with E-state index in [2.05, 4.69) is 0 Å². The molecule has 0 aliphatic rings. The van der Waals surface area contributed by atoms with Crippen LogP contribution in [-0.4, -0.2) is 17.1 Å². The van der Waals surface area contributed by atoms with Crippen molar-refractivity contribution in [1.29, 1.82) is 5.41 Å². The third kappa shape index (κ3) is 3.06. The van der Waals surface area contributed by atoms with Crippen LogP contribution in [-0.2, 0) is 17.5 Å². The van der Waals surface area contributed by atoms with E-state index < -0.39 is 11.1 Å². The molecule has 1 aromatic heterocycles. The quantitative estimate of drug-likeness (QED) is 0.650.